The van der Waals surface area contributed by atoms with Gasteiger partial charge in [-0.1, -0.05) is 0 Å². The first-order valence-corrected chi connectivity index (χ1v) is 4.83. The van der Waals surface area contributed by atoms with E-state index in [1.807, 2.05) is 0 Å². The highest BCUT2D eigenvalue weighted by molar-refractivity contribution is 5.89. The maximum atomic E-state index is 12.1. The van der Waals surface area contributed by atoms with Crippen molar-refractivity contribution in [1.82, 2.24) is 5.06 Å². The zero-order valence-corrected chi connectivity index (χ0v) is 9.60. The first-order valence-electron chi connectivity index (χ1n) is 4.83. The van der Waals surface area contributed by atoms with E-state index in [0.29, 0.717) is 12.1 Å². The summed E-state index contributed by atoms with van der Waals surface area (Å²) >= 11 is 0. The lowest BCUT2D eigenvalue weighted by molar-refractivity contribution is -0.464. The first kappa shape index (κ1) is 16.7. The van der Waals surface area contributed by atoms with Crippen molar-refractivity contribution < 1.29 is 40.9 Å². The molecule has 0 spiro atoms. The number of hydrogen-bond acceptors (Lipinski definition) is 5. The Hall–Kier alpha value is -2.37. The number of hydrogen-bond donors (Lipinski definition) is 0. The Morgan fingerprint density at radius 3 is 1.81 bits per heavy atom. The van der Waals surface area contributed by atoms with Crippen molar-refractivity contribution in [1.29, 1.82) is 0 Å². The first-order chi connectivity index (χ1) is 9.43. The topological polar surface area (TPSA) is 72.7 Å². The van der Waals surface area contributed by atoms with Gasteiger partial charge in [-0.3, -0.25) is 10.1 Å². The van der Waals surface area contributed by atoms with Crippen LogP contribution in [0, 0.1) is 10.1 Å². The van der Waals surface area contributed by atoms with Gasteiger partial charge in [-0.2, -0.15) is 26.3 Å². The number of hydroxylamine groups is 2. The van der Waals surface area contributed by atoms with Gasteiger partial charge >= 0.3 is 18.6 Å². The van der Waals surface area contributed by atoms with Crippen molar-refractivity contribution in [2.24, 2.45) is 0 Å². The average molecular weight is 318 g/mol. The number of nitrogens with zero attached hydrogens (tertiary/aromatic N) is 2. The third kappa shape index (κ3) is 4.30. The highest BCUT2D eigenvalue weighted by atomic mass is 19.4. The van der Waals surface area contributed by atoms with Crippen molar-refractivity contribution in [2.45, 2.75) is 12.6 Å². The summed E-state index contributed by atoms with van der Waals surface area (Å²) in [6.07, 6.45) is -12.0. The van der Waals surface area contributed by atoms with Gasteiger partial charge in [-0.25, -0.2) is 4.79 Å². The Morgan fingerprint density at radius 1 is 1.05 bits per heavy atom. The average Bonchev–Trinajstić information content (AvgIpc) is 2.33. The molecule has 1 aromatic carbocycles. The third-order valence-corrected chi connectivity index (χ3v) is 1.95. The van der Waals surface area contributed by atoms with Crippen LogP contribution in [0.2, 0.25) is 0 Å². The van der Waals surface area contributed by atoms with Crippen LogP contribution in [0.3, 0.4) is 0 Å². The molecule has 0 aliphatic carbocycles. The molecule has 0 aliphatic rings. The van der Waals surface area contributed by atoms with E-state index in [4.69, 9.17) is 0 Å². The molecular weight excluding hydrogens is 314 g/mol. The van der Waals surface area contributed by atoms with Crippen molar-refractivity contribution in [3.63, 3.8) is 0 Å². The van der Waals surface area contributed by atoms with Gasteiger partial charge in [0.1, 0.15) is 0 Å². The van der Waals surface area contributed by atoms with Gasteiger partial charge in [0, 0.05) is 12.1 Å². The highest BCUT2D eigenvalue weighted by Gasteiger charge is 2.58. The molecule has 116 valence electrons. The van der Waals surface area contributed by atoms with E-state index >= 15 is 0 Å². The predicted octanol–water partition coefficient (Wildman–Crippen LogP) is 3.01. The standard InChI is InChI=1S/C9H4F6N2O4/c10-8(11,12)17(9(13,14)15)21-7(18)5-1-3-6(4-2-5)16(19)20/h1-4H. The number of non-ortho nitro benzene ring substituents is 1. The van der Waals surface area contributed by atoms with E-state index in [0.717, 1.165) is 12.1 Å². The molecule has 0 bridgehead atoms. The van der Waals surface area contributed by atoms with E-state index in [-0.39, 0.29) is 0 Å². The molecule has 0 saturated heterocycles. The fourth-order valence-electron chi connectivity index (χ4n) is 1.10. The van der Waals surface area contributed by atoms with Crippen LogP contribution in [-0.2, 0) is 4.84 Å². The van der Waals surface area contributed by atoms with Gasteiger partial charge in [0.15, 0.2) is 0 Å². The van der Waals surface area contributed by atoms with Gasteiger partial charge < -0.3 is 4.84 Å². The van der Waals surface area contributed by atoms with Crippen molar-refractivity contribution in [3.05, 3.63) is 39.9 Å². The fraction of sp³-hybridized carbons (Fsp3) is 0.222. The lowest BCUT2D eigenvalue weighted by Crippen LogP contribution is -2.49. The second kappa shape index (κ2) is 5.55. The minimum absolute atomic E-state index is 0.505. The highest BCUT2D eigenvalue weighted by Crippen LogP contribution is 2.34. The number of alkyl halides is 6. The monoisotopic (exact) mass is 318 g/mol. The molecule has 0 heterocycles. The van der Waals surface area contributed by atoms with Crippen LogP contribution in [0.5, 0.6) is 0 Å². The second-order valence-electron chi connectivity index (χ2n) is 3.41. The Labute approximate surface area is 111 Å². The summed E-state index contributed by atoms with van der Waals surface area (Å²) in [7, 11) is 0. The van der Waals surface area contributed by atoms with Gasteiger partial charge in [-0.05, 0) is 12.1 Å². The molecule has 0 radical (unpaired) electrons. The van der Waals surface area contributed by atoms with E-state index in [2.05, 4.69) is 4.84 Å². The number of benzene rings is 1. The maximum Gasteiger partial charge on any atom is 0.500 e. The number of rotatable bonds is 3. The molecule has 0 amide bonds. The molecule has 0 atom stereocenters. The third-order valence-electron chi connectivity index (χ3n) is 1.95. The van der Waals surface area contributed by atoms with Crippen LogP contribution in [-0.4, -0.2) is 28.6 Å². The maximum absolute atomic E-state index is 12.1. The van der Waals surface area contributed by atoms with Crippen LogP contribution < -0.4 is 0 Å². The summed E-state index contributed by atoms with van der Waals surface area (Å²) < 4.78 is 72.6. The van der Waals surface area contributed by atoms with E-state index in [9.17, 15) is 41.3 Å². The van der Waals surface area contributed by atoms with Crippen molar-refractivity contribution >= 4 is 11.7 Å². The lowest BCUT2D eigenvalue weighted by Gasteiger charge is -2.24. The SMILES string of the molecule is O=C(ON(C(F)(F)F)C(F)(F)F)c1ccc([N+](=O)[O-])cc1. The van der Waals surface area contributed by atoms with Crippen LogP contribution in [0.25, 0.3) is 0 Å². The lowest BCUT2D eigenvalue weighted by atomic mass is 10.2. The molecule has 0 unspecified atom stereocenters. The molecule has 0 aromatic heterocycles. The number of halogens is 6. The quantitative estimate of drug-likeness (QED) is 0.371. The van der Waals surface area contributed by atoms with Gasteiger partial charge in [0.25, 0.3) is 5.69 Å². The molecule has 0 N–H and O–H groups in total. The summed E-state index contributed by atoms with van der Waals surface area (Å²) in [6.45, 7) is 0. The molecular formula is C9H4F6N2O4. The number of carbonyl (C=O) groups is 1. The summed E-state index contributed by atoms with van der Waals surface area (Å²) in [4.78, 5) is 23.9. The van der Waals surface area contributed by atoms with E-state index in [1.165, 1.54) is 0 Å². The largest absolute Gasteiger partial charge is 0.500 e. The van der Waals surface area contributed by atoms with Crippen LogP contribution in [0.15, 0.2) is 24.3 Å². The molecule has 1 rings (SSSR count). The normalized spacial score (nSPS) is 12.3. The summed E-state index contributed by atoms with van der Waals surface area (Å²) in [5.74, 6) is -1.97. The van der Waals surface area contributed by atoms with Crippen LogP contribution >= 0.6 is 0 Å². The zero-order valence-electron chi connectivity index (χ0n) is 9.60. The molecule has 0 saturated carbocycles. The molecule has 0 aliphatic heterocycles. The molecule has 0 fully saturated rings. The summed E-state index contributed by atoms with van der Waals surface area (Å²) in [6, 6.07) is 2.76. The van der Waals surface area contributed by atoms with Crippen LogP contribution in [0.1, 0.15) is 10.4 Å². The fourth-order valence-corrected chi connectivity index (χ4v) is 1.10. The summed E-state index contributed by atoms with van der Waals surface area (Å²) in [5.41, 5.74) is -1.23. The van der Waals surface area contributed by atoms with Crippen molar-refractivity contribution in [3.8, 4) is 0 Å². The predicted molar refractivity (Wildman–Crippen MR) is 52.5 cm³/mol. The summed E-state index contributed by atoms with van der Waals surface area (Å²) in [5, 5.41) is 7.94. The number of carbonyl (C=O) groups excluding carboxylic acids is 1. The van der Waals surface area contributed by atoms with Crippen molar-refractivity contribution in [2.75, 3.05) is 0 Å². The number of nitro benzene ring substituents is 1. The molecule has 21 heavy (non-hydrogen) atoms. The van der Waals surface area contributed by atoms with Gasteiger partial charge in [-0.15, -0.1) is 0 Å². The molecule has 6 nitrogen and oxygen atoms in total. The Kier molecular flexibility index (Phi) is 4.41. The Morgan fingerprint density at radius 2 is 1.48 bits per heavy atom. The van der Waals surface area contributed by atoms with E-state index in [1.54, 1.807) is 0 Å². The Bertz CT molecular complexity index is 525. The molecule has 1 aromatic rings. The number of nitro groups is 1. The second-order valence-corrected chi connectivity index (χ2v) is 3.41. The minimum atomic E-state index is -5.99. The van der Waals surface area contributed by atoms with E-state index < -0.39 is 39.8 Å². The smallest absolute Gasteiger partial charge is 0.347 e. The van der Waals surface area contributed by atoms with Gasteiger partial charge in [0.2, 0.25) is 0 Å². The minimum Gasteiger partial charge on any atom is -0.347 e. The molecule has 12 heteroatoms. The van der Waals surface area contributed by atoms with Gasteiger partial charge in [0.05, 0.1) is 15.5 Å². The zero-order chi connectivity index (χ0) is 16.4. The van der Waals surface area contributed by atoms with Crippen LogP contribution in [0.4, 0.5) is 32.0 Å². The Balaban J connectivity index is 2.95.